The molecule has 25 heavy (non-hydrogen) atoms. The number of halogens is 1. The largest absolute Gasteiger partial charge is 0.489 e. The van der Waals surface area contributed by atoms with E-state index in [0.717, 1.165) is 36.0 Å². The third-order valence-electron chi connectivity index (χ3n) is 5.03. The molecule has 2 unspecified atom stereocenters. The first-order valence-electron chi connectivity index (χ1n) is 8.94. The van der Waals surface area contributed by atoms with Crippen LogP contribution in [0.4, 0.5) is 0 Å². The van der Waals surface area contributed by atoms with Crippen molar-refractivity contribution >= 4 is 15.9 Å². The zero-order valence-corrected chi connectivity index (χ0v) is 16.6. The molecule has 2 aromatic carbocycles. The Kier molecular flexibility index (Phi) is 6.15. The number of nitrogens with two attached hydrogens (primary N) is 1. The van der Waals surface area contributed by atoms with Crippen molar-refractivity contribution in [1.29, 1.82) is 0 Å². The van der Waals surface area contributed by atoms with E-state index in [-0.39, 0.29) is 0 Å². The summed E-state index contributed by atoms with van der Waals surface area (Å²) in [5.74, 6) is 0.987. The lowest BCUT2D eigenvalue weighted by atomic mass is 9.92. The minimum atomic E-state index is 0.318. The van der Waals surface area contributed by atoms with Gasteiger partial charge in [-0.05, 0) is 69.1 Å². The molecule has 3 nitrogen and oxygen atoms in total. The van der Waals surface area contributed by atoms with Gasteiger partial charge < -0.3 is 15.4 Å². The summed E-state index contributed by atoms with van der Waals surface area (Å²) in [7, 11) is 2.20. The highest BCUT2D eigenvalue weighted by Gasteiger charge is 2.25. The lowest BCUT2D eigenvalue weighted by Gasteiger charge is -2.36. The molecule has 4 heteroatoms. The van der Waals surface area contributed by atoms with Gasteiger partial charge in [-0.25, -0.2) is 0 Å². The molecule has 0 aromatic heterocycles. The van der Waals surface area contributed by atoms with Gasteiger partial charge >= 0.3 is 0 Å². The Morgan fingerprint density at radius 3 is 2.72 bits per heavy atom. The Morgan fingerprint density at radius 2 is 1.96 bits per heavy atom. The molecule has 2 atom stereocenters. The third-order valence-corrected chi connectivity index (χ3v) is 5.56. The Balaban J connectivity index is 1.72. The van der Waals surface area contributed by atoms with Crippen molar-refractivity contribution in [2.75, 3.05) is 13.6 Å². The molecular formula is C21H27BrN2O. The number of rotatable bonds is 5. The van der Waals surface area contributed by atoms with E-state index in [1.807, 2.05) is 12.1 Å². The lowest BCUT2D eigenvalue weighted by Crippen LogP contribution is -2.45. The van der Waals surface area contributed by atoms with Gasteiger partial charge in [-0.2, -0.15) is 0 Å². The minimum Gasteiger partial charge on any atom is -0.489 e. The van der Waals surface area contributed by atoms with Crippen molar-refractivity contribution in [1.82, 2.24) is 4.90 Å². The van der Waals surface area contributed by atoms with Gasteiger partial charge in [-0.1, -0.05) is 45.8 Å². The number of hydrogen-bond donors (Lipinski definition) is 1. The van der Waals surface area contributed by atoms with Crippen molar-refractivity contribution in [3.05, 3.63) is 63.6 Å². The second-order valence-electron chi connectivity index (χ2n) is 7.15. The van der Waals surface area contributed by atoms with E-state index in [4.69, 9.17) is 10.5 Å². The molecule has 0 radical (unpaired) electrons. The van der Waals surface area contributed by atoms with E-state index in [0.29, 0.717) is 18.7 Å². The highest BCUT2D eigenvalue weighted by molar-refractivity contribution is 9.10. The number of ether oxygens (including phenoxy) is 1. The topological polar surface area (TPSA) is 38.5 Å². The van der Waals surface area contributed by atoms with Gasteiger partial charge in [0.1, 0.15) is 12.4 Å². The molecule has 3 rings (SSSR count). The van der Waals surface area contributed by atoms with Gasteiger partial charge in [-0.15, -0.1) is 0 Å². The highest BCUT2D eigenvalue weighted by atomic mass is 79.9. The van der Waals surface area contributed by atoms with Crippen LogP contribution >= 0.6 is 15.9 Å². The Morgan fingerprint density at radius 1 is 1.20 bits per heavy atom. The summed E-state index contributed by atoms with van der Waals surface area (Å²) < 4.78 is 7.24. The molecule has 0 bridgehead atoms. The molecule has 0 saturated carbocycles. The molecule has 0 amide bonds. The molecule has 1 saturated heterocycles. The van der Waals surface area contributed by atoms with Gasteiger partial charge in [0.05, 0.1) is 0 Å². The second-order valence-corrected chi connectivity index (χ2v) is 8.07. The number of hydrogen-bond acceptors (Lipinski definition) is 3. The SMILES string of the molecule is Cc1ccc(OCc2ccc(Br)cc2)c(CC2CC(N)CCN2C)c1. The van der Waals surface area contributed by atoms with Gasteiger partial charge in [0.2, 0.25) is 0 Å². The molecule has 1 fully saturated rings. The summed E-state index contributed by atoms with van der Waals surface area (Å²) in [6.45, 7) is 3.80. The Bertz CT molecular complexity index is 702. The first kappa shape index (κ1) is 18.4. The molecule has 1 aliphatic heterocycles. The molecule has 1 heterocycles. The highest BCUT2D eigenvalue weighted by Crippen LogP contribution is 2.27. The van der Waals surface area contributed by atoms with E-state index in [2.05, 4.69) is 65.1 Å². The summed E-state index contributed by atoms with van der Waals surface area (Å²) in [6.07, 6.45) is 3.13. The van der Waals surface area contributed by atoms with Crippen LogP contribution in [0, 0.1) is 6.92 Å². The molecule has 0 aliphatic carbocycles. The summed E-state index contributed by atoms with van der Waals surface area (Å²) in [5, 5.41) is 0. The monoisotopic (exact) mass is 402 g/mol. The van der Waals surface area contributed by atoms with E-state index >= 15 is 0 Å². The van der Waals surface area contributed by atoms with Gasteiger partial charge in [-0.3, -0.25) is 0 Å². The normalized spacial score (nSPS) is 21.3. The van der Waals surface area contributed by atoms with E-state index in [9.17, 15) is 0 Å². The van der Waals surface area contributed by atoms with Crippen LogP contribution in [0.3, 0.4) is 0 Å². The summed E-state index contributed by atoms with van der Waals surface area (Å²) in [5.41, 5.74) is 9.92. The van der Waals surface area contributed by atoms with Crippen LogP contribution in [-0.4, -0.2) is 30.6 Å². The van der Waals surface area contributed by atoms with Gasteiger partial charge in [0.15, 0.2) is 0 Å². The number of nitrogens with zero attached hydrogens (tertiary/aromatic N) is 1. The summed E-state index contributed by atoms with van der Waals surface area (Å²) in [6, 6.07) is 15.6. The van der Waals surface area contributed by atoms with Crippen molar-refractivity contribution in [2.45, 2.75) is 44.9 Å². The molecule has 1 aliphatic rings. The van der Waals surface area contributed by atoms with Crippen LogP contribution in [0.15, 0.2) is 46.9 Å². The lowest BCUT2D eigenvalue weighted by molar-refractivity contribution is 0.168. The number of likely N-dealkylation sites (tertiary alicyclic amines) is 1. The second kappa shape index (κ2) is 8.35. The fraction of sp³-hybridized carbons (Fsp3) is 0.429. The number of piperidine rings is 1. The third kappa shape index (κ3) is 5.06. The minimum absolute atomic E-state index is 0.318. The van der Waals surface area contributed by atoms with Crippen molar-refractivity contribution in [3.63, 3.8) is 0 Å². The molecular weight excluding hydrogens is 376 g/mol. The van der Waals surface area contributed by atoms with Crippen molar-refractivity contribution in [3.8, 4) is 5.75 Å². The smallest absolute Gasteiger partial charge is 0.123 e. The average Bonchev–Trinajstić information content (AvgIpc) is 2.59. The van der Waals surface area contributed by atoms with Crippen molar-refractivity contribution < 1.29 is 4.74 Å². The van der Waals surface area contributed by atoms with E-state index in [1.54, 1.807) is 0 Å². The van der Waals surface area contributed by atoms with Crippen LogP contribution in [0.1, 0.15) is 29.5 Å². The fourth-order valence-corrected chi connectivity index (χ4v) is 3.71. The predicted octanol–water partition coefficient (Wildman–Crippen LogP) is 4.30. The van der Waals surface area contributed by atoms with Crippen molar-refractivity contribution in [2.24, 2.45) is 5.73 Å². The van der Waals surface area contributed by atoms with Gasteiger partial charge in [0.25, 0.3) is 0 Å². The van der Waals surface area contributed by atoms with Crippen LogP contribution in [-0.2, 0) is 13.0 Å². The number of likely N-dealkylation sites (N-methyl/N-ethyl adjacent to an activating group) is 1. The maximum Gasteiger partial charge on any atom is 0.123 e. The molecule has 134 valence electrons. The summed E-state index contributed by atoms with van der Waals surface area (Å²) >= 11 is 3.47. The maximum atomic E-state index is 6.19. The predicted molar refractivity (Wildman–Crippen MR) is 107 cm³/mol. The van der Waals surface area contributed by atoms with Crippen LogP contribution in [0.2, 0.25) is 0 Å². The first-order chi connectivity index (χ1) is 12.0. The summed E-state index contributed by atoms with van der Waals surface area (Å²) in [4.78, 5) is 2.43. The fourth-order valence-electron chi connectivity index (χ4n) is 3.44. The molecule has 2 aromatic rings. The standard InChI is InChI=1S/C21H27BrN2O/c1-15-3-8-21(25-14-16-4-6-18(22)7-5-16)17(11-15)12-20-13-19(23)9-10-24(20)2/h3-8,11,19-20H,9-10,12-14,23H2,1-2H3. The quantitative estimate of drug-likeness (QED) is 0.809. The van der Waals surface area contributed by atoms with Crippen LogP contribution in [0.25, 0.3) is 0 Å². The van der Waals surface area contributed by atoms with Crippen LogP contribution < -0.4 is 10.5 Å². The number of benzene rings is 2. The average molecular weight is 403 g/mol. The molecule has 2 N–H and O–H groups in total. The van der Waals surface area contributed by atoms with Gasteiger partial charge in [0, 0.05) is 16.6 Å². The van der Waals surface area contributed by atoms with E-state index in [1.165, 1.54) is 16.7 Å². The zero-order chi connectivity index (χ0) is 17.8. The number of aryl methyl sites for hydroxylation is 1. The Hall–Kier alpha value is -1.36. The Labute approximate surface area is 159 Å². The first-order valence-corrected chi connectivity index (χ1v) is 9.73. The zero-order valence-electron chi connectivity index (χ0n) is 15.0. The molecule has 0 spiro atoms. The van der Waals surface area contributed by atoms with Crippen LogP contribution in [0.5, 0.6) is 5.75 Å². The maximum absolute atomic E-state index is 6.19. The van der Waals surface area contributed by atoms with E-state index < -0.39 is 0 Å².